The second-order valence-corrected chi connectivity index (χ2v) is 15.5. The topological polar surface area (TPSA) is 139 Å². The van der Waals surface area contributed by atoms with E-state index in [4.69, 9.17) is 27.9 Å². The van der Waals surface area contributed by atoms with E-state index >= 15 is 0 Å². The molecule has 5 rings (SSSR count). The summed E-state index contributed by atoms with van der Waals surface area (Å²) in [6.07, 6.45) is 4.81. The number of sulfonamides is 1. The van der Waals surface area contributed by atoms with E-state index in [1.807, 2.05) is 30.3 Å². The van der Waals surface area contributed by atoms with Gasteiger partial charge in [-0.2, -0.15) is 0 Å². The molecule has 2 amide bonds. The summed E-state index contributed by atoms with van der Waals surface area (Å²) in [6.45, 7) is 0.615. The number of amides is 2. The lowest BCUT2D eigenvalue weighted by Crippen LogP contribution is -2.55. The fourth-order valence-electron chi connectivity index (χ4n) is 6.38. The van der Waals surface area contributed by atoms with Gasteiger partial charge in [0.2, 0.25) is 11.8 Å². The average molecular weight is 768 g/mol. The number of carbonyl (C=O) groups excluding carboxylic acids is 2. The smallest absolute Gasteiger partial charge is 0.273 e. The molecule has 4 aromatic rings. The number of rotatable bonds is 14. The molecular weight excluding hydrogens is 727 g/mol. The van der Waals surface area contributed by atoms with Gasteiger partial charge in [-0.05, 0) is 67.3 Å². The summed E-state index contributed by atoms with van der Waals surface area (Å²) in [5.74, 6) is -0.999. The fraction of sp³-hybridized carbons (Fsp3) is 0.316. The molecular formula is C38H40Cl2N4O7S. The number of nitrogens with one attached hydrogen (secondary N) is 1. The predicted molar refractivity (Wildman–Crippen MR) is 201 cm³/mol. The number of anilines is 1. The molecule has 0 heterocycles. The molecule has 0 aliphatic heterocycles. The second-order valence-electron chi connectivity index (χ2n) is 12.7. The van der Waals surface area contributed by atoms with Crippen LogP contribution in [0, 0.1) is 17.0 Å². The molecule has 1 fully saturated rings. The van der Waals surface area contributed by atoms with Crippen LogP contribution in [0.1, 0.15) is 48.8 Å². The van der Waals surface area contributed by atoms with Crippen molar-refractivity contribution in [2.75, 3.05) is 18.0 Å². The molecule has 14 heteroatoms. The molecule has 52 heavy (non-hydrogen) atoms. The van der Waals surface area contributed by atoms with Crippen LogP contribution in [-0.4, -0.2) is 55.8 Å². The normalized spacial score (nSPS) is 13.9. The molecule has 0 bridgehead atoms. The Kier molecular flexibility index (Phi) is 12.8. The SMILES string of the molecule is COc1ccc(Cl)cc1N(CC(=O)N(Cc1cccc(Cl)c1)C(Cc1ccccc1)C(=O)NC1CCCCC1)S(=O)(=O)c1ccc(C)c([N+](=O)[O-])c1. The third-order valence-corrected chi connectivity index (χ3v) is 11.3. The Bertz CT molecular complexity index is 2030. The second kappa shape index (κ2) is 17.2. The standard InChI is InChI=1S/C38H40Cl2N4O7S/c1-26-16-18-32(23-33(26)44(47)48)52(49,50)43(34-22-30(40)17-19-36(34)51-2)25-37(45)42(24-28-12-9-13-29(39)20-28)35(21-27-10-5-3-6-11-27)38(46)41-31-14-7-4-8-15-31/h3,5-6,9-13,16-20,22-23,31,35H,4,7-8,14-15,21,24-25H2,1-2H3,(H,41,46). The van der Waals surface area contributed by atoms with Crippen LogP contribution in [0.25, 0.3) is 0 Å². The van der Waals surface area contributed by atoms with Gasteiger partial charge in [0.15, 0.2) is 0 Å². The molecule has 0 aromatic heterocycles. The lowest BCUT2D eigenvalue weighted by Gasteiger charge is -2.35. The van der Waals surface area contributed by atoms with Gasteiger partial charge in [0.1, 0.15) is 18.3 Å². The maximum atomic E-state index is 14.9. The highest BCUT2D eigenvalue weighted by atomic mass is 35.5. The Morgan fingerprint density at radius 2 is 1.62 bits per heavy atom. The van der Waals surface area contributed by atoms with E-state index in [1.54, 1.807) is 24.3 Å². The average Bonchev–Trinajstić information content (AvgIpc) is 3.12. The summed E-state index contributed by atoms with van der Waals surface area (Å²) < 4.78 is 35.4. The van der Waals surface area contributed by atoms with Crippen LogP contribution in [0.5, 0.6) is 5.75 Å². The molecule has 0 saturated heterocycles. The molecule has 1 saturated carbocycles. The van der Waals surface area contributed by atoms with Crippen molar-refractivity contribution in [3.63, 3.8) is 0 Å². The molecule has 1 unspecified atom stereocenters. The van der Waals surface area contributed by atoms with E-state index < -0.39 is 44.0 Å². The van der Waals surface area contributed by atoms with Crippen molar-refractivity contribution < 1.29 is 27.7 Å². The Hall–Kier alpha value is -4.65. The molecule has 11 nitrogen and oxygen atoms in total. The lowest BCUT2D eigenvalue weighted by atomic mass is 9.94. The third-order valence-electron chi connectivity index (χ3n) is 9.12. The Labute approximate surface area is 313 Å². The van der Waals surface area contributed by atoms with Crippen molar-refractivity contribution in [1.82, 2.24) is 10.2 Å². The molecule has 1 N–H and O–H groups in total. The van der Waals surface area contributed by atoms with E-state index in [-0.39, 0.29) is 46.9 Å². The van der Waals surface area contributed by atoms with Gasteiger partial charge in [-0.25, -0.2) is 8.42 Å². The molecule has 1 aliphatic carbocycles. The monoisotopic (exact) mass is 766 g/mol. The predicted octanol–water partition coefficient (Wildman–Crippen LogP) is 7.50. The molecule has 0 spiro atoms. The first-order valence-corrected chi connectivity index (χ1v) is 19.1. The van der Waals surface area contributed by atoms with Crippen LogP contribution in [0.4, 0.5) is 11.4 Å². The first-order valence-electron chi connectivity index (χ1n) is 16.9. The van der Waals surface area contributed by atoms with E-state index in [0.29, 0.717) is 10.6 Å². The zero-order valence-corrected chi connectivity index (χ0v) is 31.2. The quantitative estimate of drug-likeness (QED) is 0.104. The van der Waals surface area contributed by atoms with E-state index in [2.05, 4.69) is 5.32 Å². The number of hydrogen-bond donors (Lipinski definition) is 1. The first-order chi connectivity index (χ1) is 24.9. The van der Waals surface area contributed by atoms with Gasteiger partial charge in [0, 0.05) is 40.7 Å². The Morgan fingerprint density at radius 1 is 0.923 bits per heavy atom. The van der Waals surface area contributed by atoms with E-state index in [9.17, 15) is 28.1 Å². The number of hydrogen-bond acceptors (Lipinski definition) is 7. The van der Waals surface area contributed by atoms with Crippen molar-refractivity contribution in [2.45, 2.75) is 69.0 Å². The van der Waals surface area contributed by atoms with Crippen LogP contribution < -0.4 is 14.4 Å². The molecule has 1 aliphatic rings. The third kappa shape index (κ3) is 9.41. The maximum Gasteiger partial charge on any atom is 0.273 e. The summed E-state index contributed by atoms with van der Waals surface area (Å²) >= 11 is 12.7. The highest BCUT2D eigenvalue weighted by molar-refractivity contribution is 7.92. The first kappa shape index (κ1) is 38.6. The van der Waals surface area contributed by atoms with Gasteiger partial charge in [0.05, 0.1) is 22.6 Å². The van der Waals surface area contributed by atoms with Crippen molar-refractivity contribution in [2.24, 2.45) is 0 Å². The largest absolute Gasteiger partial charge is 0.495 e. The van der Waals surface area contributed by atoms with Gasteiger partial charge in [-0.1, -0.05) is 91.0 Å². The minimum atomic E-state index is -4.69. The van der Waals surface area contributed by atoms with Crippen LogP contribution in [0.2, 0.25) is 10.0 Å². The van der Waals surface area contributed by atoms with Gasteiger partial charge in [-0.3, -0.25) is 24.0 Å². The number of nitro groups is 1. The minimum Gasteiger partial charge on any atom is -0.495 e. The Balaban J connectivity index is 1.63. The number of nitro benzene ring substituents is 1. The number of aryl methyl sites for hydroxylation is 1. The molecule has 1 atom stereocenters. The minimum absolute atomic E-state index is 0.0624. The number of halogens is 2. The van der Waals surface area contributed by atoms with Crippen LogP contribution >= 0.6 is 23.2 Å². The number of benzene rings is 4. The summed E-state index contributed by atoms with van der Waals surface area (Å²) in [7, 11) is -3.35. The lowest BCUT2D eigenvalue weighted by molar-refractivity contribution is -0.385. The summed E-state index contributed by atoms with van der Waals surface area (Å²) in [5.41, 5.74) is 1.19. The number of carbonyl (C=O) groups is 2. The summed E-state index contributed by atoms with van der Waals surface area (Å²) in [5, 5.41) is 15.6. The van der Waals surface area contributed by atoms with Crippen LogP contribution in [0.3, 0.4) is 0 Å². The number of ether oxygens (including phenoxy) is 1. The van der Waals surface area contributed by atoms with E-state index in [1.165, 1.54) is 49.3 Å². The number of nitrogens with zero attached hydrogens (tertiary/aromatic N) is 3. The molecule has 274 valence electrons. The van der Waals surface area contributed by atoms with Crippen molar-refractivity contribution in [3.05, 3.63) is 128 Å². The van der Waals surface area contributed by atoms with Gasteiger partial charge in [-0.15, -0.1) is 0 Å². The molecule has 4 aromatic carbocycles. The van der Waals surface area contributed by atoms with Crippen molar-refractivity contribution in [1.29, 1.82) is 0 Å². The van der Waals surface area contributed by atoms with E-state index in [0.717, 1.165) is 48.0 Å². The maximum absolute atomic E-state index is 14.9. The Morgan fingerprint density at radius 3 is 2.29 bits per heavy atom. The van der Waals surface area contributed by atoms with Crippen LogP contribution in [-0.2, 0) is 32.6 Å². The van der Waals surface area contributed by atoms with Crippen LogP contribution in [0.15, 0.2) is 95.9 Å². The molecule has 0 radical (unpaired) electrons. The highest BCUT2D eigenvalue weighted by Gasteiger charge is 2.37. The zero-order chi connectivity index (χ0) is 37.4. The van der Waals surface area contributed by atoms with Gasteiger partial charge < -0.3 is 15.0 Å². The highest BCUT2D eigenvalue weighted by Crippen LogP contribution is 2.36. The van der Waals surface area contributed by atoms with Crippen molar-refractivity contribution in [3.8, 4) is 5.75 Å². The van der Waals surface area contributed by atoms with Crippen molar-refractivity contribution >= 4 is 56.4 Å². The summed E-state index contributed by atoms with van der Waals surface area (Å²) in [4.78, 5) is 41.3. The zero-order valence-electron chi connectivity index (χ0n) is 28.8. The van der Waals surface area contributed by atoms with Gasteiger partial charge in [0.25, 0.3) is 15.7 Å². The number of methoxy groups -OCH3 is 1. The summed E-state index contributed by atoms with van der Waals surface area (Å²) in [6, 6.07) is 22.8. The van der Waals surface area contributed by atoms with Gasteiger partial charge >= 0.3 is 0 Å². The fourth-order valence-corrected chi connectivity index (χ4v) is 8.19.